The van der Waals surface area contributed by atoms with Gasteiger partial charge < -0.3 is 15.5 Å². The van der Waals surface area contributed by atoms with Crippen molar-refractivity contribution in [2.75, 3.05) is 25.0 Å². The number of anilines is 1. The Hall–Kier alpha value is -2.82. The van der Waals surface area contributed by atoms with Crippen LogP contribution >= 0.6 is 0 Å². The second-order valence-electron chi connectivity index (χ2n) is 7.87. The Labute approximate surface area is 174 Å². The van der Waals surface area contributed by atoms with Gasteiger partial charge in [0.2, 0.25) is 5.91 Å². The summed E-state index contributed by atoms with van der Waals surface area (Å²) in [7, 11) is 2.04. The molecule has 2 aromatic carbocycles. The topological polar surface area (TPSA) is 61.4 Å². The lowest BCUT2D eigenvalue weighted by Gasteiger charge is -2.22. The van der Waals surface area contributed by atoms with Crippen LogP contribution in [0, 0.1) is 12.8 Å². The van der Waals surface area contributed by atoms with E-state index in [0.29, 0.717) is 24.4 Å². The molecule has 0 aliphatic heterocycles. The number of carbonyl (C=O) groups is 2. The summed E-state index contributed by atoms with van der Waals surface area (Å²) in [5.41, 5.74) is 2.67. The molecule has 0 aliphatic rings. The number of amides is 2. The van der Waals surface area contributed by atoms with E-state index in [-0.39, 0.29) is 11.8 Å². The smallest absolute Gasteiger partial charge is 0.252 e. The highest BCUT2D eigenvalue weighted by Crippen LogP contribution is 2.12. The molecule has 5 heteroatoms. The molecule has 1 unspecified atom stereocenters. The maximum Gasteiger partial charge on any atom is 0.252 e. The van der Waals surface area contributed by atoms with Gasteiger partial charge >= 0.3 is 0 Å². The van der Waals surface area contributed by atoms with E-state index >= 15 is 0 Å². The monoisotopic (exact) mass is 395 g/mol. The van der Waals surface area contributed by atoms with Gasteiger partial charge in [-0.1, -0.05) is 50.2 Å². The third kappa shape index (κ3) is 7.26. The number of benzene rings is 2. The highest BCUT2D eigenvalue weighted by molar-refractivity contribution is 5.98. The van der Waals surface area contributed by atoms with Crippen molar-refractivity contribution in [3.05, 3.63) is 65.7 Å². The van der Waals surface area contributed by atoms with Gasteiger partial charge in [-0.25, -0.2) is 0 Å². The van der Waals surface area contributed by atoms with Crippen LogP contribution in [0.5, 0.6) is 0 Å². The van der Waals surface area contributed by atoms with E-state index in [2.05, 4.69) is 41.5 Å². The fraction of sp³-hybridized carbons (Fsp3) is 0.417. The van der Waals surface area contributed by atoms with E-state index in [9.17, 15) is 9.59 Å². The third-order valence-electron chi connectivity index (χ3n) is 4.89. The fourth-order valence-electron chi connectivity index (χ4n) is 3.23. The molecule has 29 heavy (non-hydrogen) atoms. The van der Waals surface area contributed by atoms with E-state index in [1.165, 1.54) is 0 Å². The lowest BCUT2D eigenvalue weighted by molar-refractivity contribution is -0.123. The molecule has 0 radical (unpaired) electrons. The molecule has 0 bridgehead atoms. The first kappa shape index (κ1) is 22.5. The van der Waals surface area contributed by atoms with Gasteiger partial charge in [0.25, 0.3) is 5.91 Å². The fourth-order valence-corrected chi connectivity index (χ4v) is 3.23. The van der Waals surface area contributed by atoms with E-state index < -0.39 is 6.04 Å². The predicted molar refractivity (Wildman–Crippen MR) is 119 cm³/mol. The summed E-state index contributed by atoms with van der Waals surface area (Å²) < 4.78 is 0. The molecule has 0 aromatic heterocycles. The molecule has 0 saturated heterocycles. The van der Waals surface area contributed by atoms with Crippen molar-refractivity contribution in [2.45, 2.75) is 39.7 Å². The number of rotatable bonds is 10. The van der Waals surface area contributed by atoms with Gasteiger partial charge in [-0.05, 0) is 49.4 Å². The molecule has 2 N–H and O–H groups in total. The number of nitrogens with one attached hydrogen (secondary N) is 2. The van der Waals surface area contributed by atoms with Crippen LogP contribution < -0.4 is 15.5 Å². The van der Waals surface area contributed by atoms with Crippen LogP contribution in [0.25, 0.3) is 0 Å². The minimum atomic E-state index is -0.533. The molecule has 0 fully saturated rings. The highest BCUT2D eigenvalue weighted by atomic mass is 16.2. The summed E-state index contributed by atoms with van der Waals surface area (Å²) in [6.07, 6.45) is 1.44. The van der Waals surface area contributed by atoms with Crippen molar-refractivity contribution in [3.8, 4) is 0 Å². The van der Waals surface area contributed by atoms with Crippen LogP contribution in [0.2, 0.25) is 0 Å². The average Bonchev–Trinajstić information content (AvgIpc) is 2.71. The minimum absolute atomic E-state index is 0.122. The van der Waals surface area contributed by atoms with Crippen LogP contribution in [-0.4, -0.2) is 38.0 Å². The second-order valence-corrected chi connectivity index (χ2v) is 7.87. The van der Waals surface area contributed by atoms with Crippen molar-refractivity contribution in [3.63, 3.8) is 0 Å². The summed E-state index contributed by atoms with van der Waals surface area (Å²) in [6.45, 7) is 7.42. The number of hydrogen-bond acceptors (Lipinski definition) is 3. The van der Waals surface area contributed by atoms with Crippen LogP contribution in [0.15, 0.2) is 54.6 Å². The number of hydrogen-bond donors (Lipinski definition) is 2. The summed E-state index contributed by atoms with van der Waals surface area (Å²) in [4.78, 5) is 27.5. The molecule has 2 aromatic rings. The maximum atomic E-state index is 12.7. The number of carbonyl (C=O) groups excluding carboxylic acids is 2. The largest absolute Gasteiger partial charge is 0.375 e. The van der Waals surface area contributed by atoms with Crippen LogP contribution in [-0.2, 0) is 4.79 Å². The Bertz CT molecular complexity index is 790. The first-order valence-corrected chi connectivity index (χ1v) is 10.3. The minimum Gasteiger partial charge on any atom is -0.375 e. The molecule has 2 amide bonds. The highest BCUT2D eigenvalue weighted by Gasteiger charge is 2.22. The van der Waals surface area contributed by atoms with Crippen molar-refractivity contribution < 1.29 is 9.59 Å². The number of para-hydroxylation sites is 1. The van der Waals surface area contributed by atoms with Gasteiger partial charge in [0.05, 0.1) is 0 Å². The first-order valence-electron chi connectivity index (χ1n) is 10.3. The Morgan fingerprint density at radius 1 is 1.00 bits per heavy atom. The Morgan fingerprint density at radius 3 is 2.31 bits per heavy atom. The Morgan fingerprint density at radius 2 is 1.66 bits per heavy atom. The SMILES string of the molecule is Cc1ccccc1C(=O)NC(CC(C)C)C(=O)NCCCN(C)c1ccccc1. The lowest BCUT2D eigenvalue weighted by Crippen LogP contribution is -2.48. The Kier molecular flexibility index (Phi) is 8.71. The molecule has 0 aliphatic carbocycles. The molecular formula is C24H33N3O2. The zero-order valence-corrected chi connectivity index (χ0v) is 17.9. The zero-order chi connectivity index (χ0) is 21.2. The van der Waals surface area contributed by atoms with Crippen LogP contribution in [0.4, 0.5) is 5.69 Å². The predicted octanol–water partition coefficient (Wildman–Crippen LogP) is 3.78. The number of nitrogens with zero attached hydrogens (tertiary/aromatic N) is 1. The van der Waals surface area contributed by atoms with E-state index in [1.54, 1.807) is 6.07 Å². The molecule has 156 valence electrons. The molecule has 0 heterocycles. The van der Waals surface area contributed by atoms with Gasteiger partial charge in [0, 0.05) is 31.4 Å². The molecule has 5 nitrogen and oxygen atoms in total. The average molecular weight is 396 g/mol. The van der Waals surface area contributed by atoms with Gasteiger partial charge in [-0.3, -0.25) is 9.59 Å². The molecule has 0 spiro atoms. The summed E-state index contributed by atoms with van der Waals surface area (Å²) >= 11 is 0. The van der Waals surface area contributed by atoms with Crippen molar-refractivity contribution in [1.29, 1.82) is 0 Å². The van der Waals surface area contributed by atoms with Crippen LogP contribution in [0.1, 0.15) is 42.6 Å². The first-order chi connectivity index (χ1) is 13.9. The van der Waals surface area contributed by atoms with Gasteiger partial charge in [0.15, 0.2) is 0 Å². The second kappa shape index (κ2) is 11.2. The van der Waals surface area contributed by atoms with Gasteiger partial charge in [-0.2, -0.15) is 0 Å². The van der Waals surface area contributed by atoms with E-state index in [4.69, 9.17) is 0 Å². The molecule has 1 atom stereocenters. The molecule has 0 saturated carbocycles. The third-order valence-corrected chi connectivity index (χ3v) is 4.89. The zero-order valence-electron chi connectivity index (χ0n) is 17.9. The lowest BCUT2D eigenvalue weighted by atomic mass is 10.0. The standard InChI is InChI=1S/C24H33N3O2/c1-18(2)17-22(26-23(28)21-14-9-8-11-19(21)3)24(29)25-15-10-16-27(4)20-12-6-5-7-13-20/h5-9,11-14,18,22H,10,15-17H2,1-4H3,(H,25,29)(H,26,28). The van der Waals surface area contributed by atoms with E-state index in [0.717, 1.165) is 24.2 Å². The number of aryl methyl sites for hydroxylation is 1. The normalized spacial score (nSPS) is 11.8. The molecule has 2 rings (SSSR count). The molecular weight excluding hydrogens is 362 g/mol. The maximum absolute atomic E-state index is 12.7. The van der Waals surface area contributed by atoms with Crippen molar-refractivity contribution in [2.24, 2.45) is 5.92 Å². The Balaban J connectivity index is 1.86. The van der Waals surface area contributed by atoms with Gasteiger partial charge in [0.1, 0.15) is 6.04 Å². The summed E-state index contributed by atoms with van der Waals surface area (Å²) in [6, 6.07) is 17.1. The summed E-state index contributed by atoms with van der Waals surface area (Å²) in [5.74, 6) is -0.0251. The van der Waals surface area contributed by atoms with E-state index in [1.807, 2.05) is 50.4 Å². The summed E-state index contributed by atoms with van der Waals surface area (Å²) in [5, 5.41) is 5.91. The van der Waals surface area contributed by atoms with Crippen molar-refractivity contribution >= 4 is 17.5 Å². The van der Waals surface area contributed by atoms with Crippen LogP contribution in [0.3, 0.4) is 0 Å². The van der Waals surface area contributed by atoms with Gasteiger partial charge in [-0.15, -0.1) is 0 Å². The van der Waals surface area contributed by atoms with Crippen molar-refractivity contribution in [1.82, 2.24) is 10.6 Å². The quantitative estimate of drug-likeness (QED) is 0.602.